The van der Waals surface area contributed by atoms with Crippen LogP contribution in [0.1, 0.15) is 10.4 Å². The molecule has 0 aliphatic heterocycles. The molecule has 0 bridgehead atoms. The summed E-state index contributed by atoms with van der Waals surface area (Å²) in [5, 5.41) is 12.0. The van der Waals surface area contributed by atoms with Crippen molar-refractivity contribution in [3.8, 4) is 0 Å². The smallest absolute Gasteiger partial charge is 0.337 e. The fourth-order valence-electron chi connectivity index (χ4n) is 1.47. The van der Waals surface area contributed by atoms with Crippen LogP contribution in [0.25, 0.3) is 0 Å². The van der Waals surface area contributed by atoms with Crippen LogP contribution in [-0.4, -0.2) is 16.1 Å². The van der Waals surface area contributed by atoms with E-state index in [2.05, 4.69) is 48.8 Å². The third kappa shape index (κ3) is 3.16. The average Bonchev–Trinajstić information content (AvgIpc) is 2.36. The first-order valence-electron chi connectivity index (χ1n) is 5.19. The number of aromatic carboxylic acids is 1. The second-order valence-corrected chi connectivity index (χ2v) is 5.70. The first-order valence-corrected chi connectivity index (χ1v) is 7.06. The molecular formula is C12H9BrIN3O2. The first kappa shape index (κ1) is 14.1. The second-order valence-electron chi connectivity index (χ2n) is 3.68. The summed E-state index contributed by atoms with van der Waals surface area (Å²) in [6.45, 7) is 0. The van der Waals surface area contributed by atoms with E-state index in [1.807, 2.05) is 18.2 Å². The molecule has 0 saturated carbocycles. The van der Waals surface area contributed by atoms with Crippen molar-refractivity contribution in [3.63, 3.8) is 0 Å². The lowest BCUT2D eigenvalue weighted by Crippen LogP contribution is -2.07. The number of carboxylic acids is 1. The summed E-state index contributed by atoms with van der Waals surface area (Å²) in [6.07, 6.45) is 1.41. The maximum absolute atomic E-state index is 11.0. The predicted molar refractivity (Wildman–Crippen MR) is 85.8 cm³/mol. The van der Waals surface area contributed by atoms with Gasteiger partial charge in [-0.1, -0.05) is 0 Å². The molecule has 0 spiro atoms. The van der Waals surface area contributed by atoms with E-state index in [1.165, 1.54) is 12.3 Å². The van der Waals surface area contributed by atoms with Gasteiger partial charge in [0.25, 0.3) is 0 Å². The highest BCUT2D eigenvalue weighted by atomic mass is 127. The lowest BCUT2D eigenvalue weighted by Gasteiger charge is -2.10. The number of nitrogens with one attached hydrogen (secondary N) is 1. The number of benzene rings is 1. The van der Waals surface area contributed by atoms with Gasteiger partial charge in [0.15, 0.2) is 5.82 Å². The minimum absolute atomic E-state index is 0.0318. The number of hydrogen-bond acceptors (Lipinski definition) is 4. The quantitative estimate of drug-likeness (QED) is 0.645. The van der Waals surface area contributed by atoms with E-state index in [0.717, 1.165) is 13.7 Å². The number of nitrogen functional groups attached to an aromatic ring is 1. The maximum Gasteiger partial charge on any atom is 0.337 e. The van der Waals surface area contributed by atoms with Crippen molar-refractivity contribution in [2.24, 2.45) is 0 Å². The van der Waals surface area contributed by atoms with Crippen LogP contribution in [0.2, 0.25) is 0 Å². The van der Waals surface area contributed by atoms with Gasteiger partial charge in [0.1, 0.15) is 0 Å². The van der Waals surface area contributed by atoms with Crippen molar-refractivity contribution in [2.75, 3.05) is 11.1 Å². The van der Waals surface area contributed by atoms with Crippen LogP contribution >= 0.6 is 38.5 Å². The molecule has 0 radical (unpaired) electrons. The molecule has 1 heterocycles. The number of rotatable bonds is 3. The Morgan fingerprint density at radius 1 is 1.42 bits per heavy atom. The van der Waals surface area contributed by atoms with E-state index in [4.69, 9.17) is 10.8 Å². The molecule has 1 aromatic carbocycles. The highest BCUT2D eigenvalue weighted by Gasteiger charge is 2.12. The number of aromatic nitrogens is 1. The number of nitrogens with two attached hydrogens (primary N) is 1. The van der Waals surface area contributed by atoms with E-state index in [-0.39, 0.29) is 11.3 Å². The summed E-state index contributed by atoms with van der Waals surface area (Å²) < 4.78 is 2.01. The lowest BCUT2D eigenvalue weighted by molar-refractivity contribution is 0.0698. The van der Waals surface area contributed by atoms with Gasteiger partial charge in [0, 0.05) is 19.9 Å². The molecule has 2 rings (SSSR count). The minimum Gasteiger partial charge on any atom is -0.478 e. The van der Waals surface area contributed by atoms with Crippen molar-refractivity contribution >= 4 is 61.7 Å². The van der Waals surface area contributed by atoms with Gasteiger partial charge in [-0.25, -0.2) is 9.78 Å². The number of carbonyl (C=O) groups is 1. The molecule has 0 fully saturated rings. The van der Waals surface area contributed by atoms with Crippen LogP contribution in [0.5, 0.6) is 0 Å². The topological polar surface area (TPSA) is 88.2 Å². The normalized spacial score (nSPS) is 10.2. The van der Waals surface area contributed by atoms with Crippen molar-refractivity contribution < 1.29 is 9.90 Å². The Kier molecular flexibility index (Phi) is 4.25. The zero-order chi connectivity index (χ0) is 14.0. The lowest BCUT2D eigenvalue weighted by atomic mass is 10.2. The SMILES string of the molecule is Nc1c(C(=O)O)ccnc1Nc1ccc(Br)c(I)c1. The molecule has 5 nitrogen and oxygen atoms in total. The van der Waals surface area contributed by atoms with Crippen LogP contribution in [0.3, 0.4) is 0 Å². The van der Waals surface area contributed by atoms with E-state index in [1.54, 1.807) is 0 Å². The van der Waals surface area contributed by atoms with Crippen LogP contribution < -0.4 is 11.1 Å². The summed E-state index contributed by atoms with van der Waals surface area (Å²) in [4.78, 5) is 15.0. The summed E-state index contributed by atoms with van der Waals surface area (Å²) in [6, 6.07) is 7.01. The Morgan fingerprint density at radius 3 is 2.79 bits per heavy atom. The largest absolute Gasteiger partial charge is 0.478 e. The summed E-state index contributed by atoms with van der Waals surface area (Å²) in [5.74, 6) is -0.744. The summed E-state index contributed by atoms with van der Waals surface area (Å²) in [7, 11) is 0. The second kappa shape index (κ2) is 5.74. The van der Waals surface area contributed by atoms with Crippen LogP contribution in [-0.2, 0) is 0 Å². The Labute approximate surface area is 131 Å². The van der Waals surface area contributed by atoms with Crippen LogP contribution in [0.15, 0.2) is 34.9 Å². The van der Waals surface area contributed by atoms with Gasteiger partial charge >= 0.3 is 5.97 Å². The summed E-state index contributed by atoms with van der Waals surface area (Å²) in [5.41, 5.74) is 6.72. The molecule has 1 aromatic heterocycles. The van der Waals surface area contributed by atoms with Gasteiger partial charge in [0.2, 0.25) is 0 Å². The number of anilines is 3. The molecule has 2 aromatic rings. The fourth-order valence-corrected chi connectivity index (χ4v) is 2.23. The van der Waals surface area contributed by atoms with Gasteiger partial charge in [-0.05, 0) is 62.8 Å². The van der Waals surface area contributed by atoms with E-state index in [0.29, 0.717) is 5.82 Å². The minimum atomic E-state index is -1.08. The van der Waals surface area contributed by atoms with Gasteiger partial charge in [-0.15, -0.1) is 0 Å². The zero-order valence-corrected chi connectivity index (χ0v) is 13.3. The molecular weight excluding hydrogens is 425 g/mol. The Morgan fingerprint density at radius 2 is 2.16 bits per heavy atom. The Hall–Kier alpha value is -1.35. The highest BCUT2D eigenvalue weighted by molar-refractivity contribution is 14.1. The maximum atomic E-state index is 11.0. The molecule has 4 N–H and O–H groups in total. The van der Waals surface area contributed by atoms with Crippen molar-refractivity contribution in [1.29, 1.82) is 0 Å². The molecule has 0 atom stereocenters. The number of nitrogens with zero attached hydrogens (tertiary/aromatic N) is 1. The van der Waals surface area contributed by atoms with Crippen LogP contribution in [0.4, 0.5) is 17.2 Å². The summed E-state index contributed by atoms with van der Waals surface area (Å²) >= 11 is 5.59. The molecule has 0 aliphatic carbocycles. The van der Waals surface area contributed by atoms with Crippen LogP contribution in [0, 0.1) is 3.57 Å². The third-order valence-corrected chi connectivity index (χ3v) is 4.73. The van der Waals surface area contributed by atoms with Crippen molar-refractivity contribution in [2.45, 2.75) is 0 Å². The zero-order valence-electron chi connectivity index (χ0n) is 9.52. The molecule has 0 amide bonds. The fraction of sp³-hybridized carbons (Fsp3) is 0. The Bertz CT molecular complexity index is 649. The Balaban J connectivity index is 2.35. The molecule has 7 heteroatoms. The molecule has 0 aliphatic rings. The average molecular weight is 434 g/mol. The van der Waals surface area contributed by atoms with E-state index in [9.17, 15) is 4.79 Å². The predicted octanol–water partition coefficient (Wildman–Crippen LogP) is 3.47. The number of halogens is 2. The number of hydrogen-bond donors (Lipinski definition) is 3. The molecule has 0 saturated heterocycles. The first-order chi connectivity index (χ1) is 8.99. The van der Waals surface area contributed by atoms with Gasteiger partial charge in [0.05, 0.1) is 11.3 Å². The van der Waals surface area contributed by atoms with Gasteiger partial charge < -0.3 is 16.2 Å². The number of carboxylic acid groups (broad SMARTS) is 1. The number of pyridine rings is 1. The third-order valence-electron chi connectivity index (χ3n) is 2.40. The van der Waals surface area contributed by atoms with Crippen molar-refractivity contribution in [1.82, 2.24) is 4.98 Å². The van der Waals surface area contributed by atoms with Gasteiger partial charge in [-0.3, -0.25) is 0 Å². The highest BCUT2D eigenvalue weighted by Crippen LogP contribution is 2.27. The molecule has 98 valence electrons. The van der Waals surface area contributed by atoms with Crippen molar-refractivity contribution in [3.05, 3.63) is 44.1 Å². The standard InChI is InChI=1S/C12H9BrIN3O2/c13-8-2-1-6(5-9(8)14)17-11-10(15)7(12(18)19)3-4-16-11/h1-5H,15H2,(H,16,17)(H,18,19). The molecule has 0 unspecified atom stereocenters. The van der Waals surface area contributed by atoms with Gasteiger partial charge in [-0.2, -0.15) is 0 Å². The van der Waals surface area contributed by atoms with E-state index >= 15 is 0 Å². The van der Waals surface area contributed by atoms with E-state index < -0.39 is 5.97 Å². The monoisotopic (exact) mass is 433 g/mol. The molecule has 19 heavy (non-hydrogen) atoms.